The number of Topliss-reactive ketones (excluding diaryl/α,β-unsaturated/α-hetero) is 1. The monoisotopic (exact) mass is 493 g/mol. The molecule has 1 heterocycles. The molecule has 36 heavy (non-hydrogen) atoms. The summed E-state index contributed by atoms with van der Waals surface area (Å²) < 4.78 is 17.3. The summed E-state index contributed by atoms with van der Waals surface area (Å²) >= 11 is 0. The molecule has 7 nitrogen and oxygen atoms in total. The van der Waals surface area contributed by atoms with Crippen molar-refractivity contribution >= 4 is 22.5 Å². The summed E-state index contributed by atoms with van der Waals surface area (Å²) in [7, 11) is 1.39. The van der Waals surface area contributed by atoms with Gasteiger partial charge in [-0.2, -0.15) is 0 Å². The van der Waals surface area contributed by atoms with Crippen LogP contribution in [0.25, 0.3) is 10.8 Å². The fraction of sp³-hybridized carbons (Fsp3) is 0.414. The van der Waals surface area contributed by atoms with Crippen LogP contribution in [-0.4, -0.2) is 41.2 Å². The third kappa shape index (κ3) is 6.14. The van der Waals surface area contributed by atoms with Gasteiger partial charge in [-0.3, -0.25) is 9.59 Å². The Morgan fingerprint density at radius 1 is 0.917 bits per heavy atom. The van der Waals surface area contributed by atoms with E-state index in [4.69, 9.17) is 14.2 Å². The second-order valence-electron chi connectivity index (χ2n) is 9.63. The second kappa shape index (κ2) is 11.9. The van der Waals surface area contributed by atoms with E-state index in [-0.39, 0.29) is 35.4 Å². The molecule has 0 bridgehead atoms. The van der Waals surface area contributed by atoms with Crippen LogP contribution in [0.1, 0.15) is 51.5 Å². The van der Waals surface area contributed by atoms with Gasteiger partial charge in [-0.15, -0.1) is 0 Å². The molecule has 3 atom stereocenters. The van der Waals surface area contributed by atoms with Crippen LogP contribution >= 0.6 is 0 Å². The molecule has 0 spiro atoms. The number of ketones is 1. The normalized spacial score (nSPS) is 13.9. The first-order chi connectivity index (χ1) is 17.1. The van der Waals surface area contributed by atoms with Gasteiger partial charge in [-0.1, -0.05) is 64.1 Å². The van der Waals surface area contributed by atoms with Crippen LogP contribution in [-0.2, 0) is 9.53 Å². The van der Waals surface area contributed by atoms with Crippen molar-refractivity contribution in [3.8, 4) is 17.2 Å². The average molecular weight is 494 g/mol. The van der Waals surface area contributed by atoms with Crippen LogP contribution in [0, 0.1) is 17.8 Å². The number of ether oxygens (including phenoxy) is 3. The maximum atomic E-state index is 13.2. The van der Waals surface area contributed by atoms with Gasteiger partial charge in [0.2, 0.25) is 0 Å². The number of carbonyl (C=O) groups excluding carboxylic acids is 2. The van der Waals surface area contributed by atoms with Crippen molar-refractivity contribution in [2.24, 2.45) is 17.8 Å². The van der Waals surface area contributed by atoms with Crippen molar-refractivity contribution in [2.75, 3.05) is 7.11 Å². The molecular formula is C29H35NO6. The number of fused-ring (bicyclic) bond motifs is 1. The molecule has 0 amide bonds. The standard InChI is InChI=1S/C29H35NO6/c1-17(2)22(16-23(31)26-27(32)25(34-6)14-15-30-26)29(33)35-19(5)28(18(3)4)36-24-13-9-11-20-10-7-8-12-21(20)24/h7-15,17-19,22,28,32H,16H2,1-6H3/t19-,22-,28+/m0/s1. The lowest BCUT2D eigenvalue weighted by atomic mass is 9.89. The molecule has 192 valence electrons. The van der Waals surface area contributed by atoms with Crippen LogP contribution in [0.3, 0.4) is 0 Å². The van der Waals surface area contributed by atoms with Crippen molar-refractivity contribution in [1.82, 2.24) is 4.98 Å². The van der Waals surface area contributed by atoms with Gasteiger partial charge in [0, 0.05) is 24.1 Å². The summed E-state index contributed by atoms with van der Waals surface area (Å²) in [5, 5.41) is 12.4. The molecule has 1 aromatic heterocycles. The maximum Gasteiger partial charge on any atom is 0.310 e. The van der Waals surface area contributed by atoms with E-state index in [1.165, 1.54) is 19.4 Å². The number of carbonyl (C=O) groups is 2. The number of hydrogen-bond donors (Lipinski definition) is 1. The summed E-state index contributed by atoms with van der Waals surface area (Å²) in [5.74, 6) is -1.22. The Morgan fingerprint density at radius 2 is 1.61 bits per heavy atom. The summed E-state index contributed by atoms with van der Waals surface area (Å²) in [6.07, 6.45) is 0.283. The van der Waals surface area contributed by atoms with E-state index in [0.717, 1.165) is 16.5 Å². The summed E-state index contributed by atoms with van der Waals surface area (Å²) in [5.41, 5.74) is -0.125. The number of rotatable bonds is 11. The Hall–Kier alpha value is -3.61. The second-order valence-corrected chi connectivity index (χ2v) is 9.63. The number of methoxy groups -OCH3 is 1. The highest BCUT2D eigenvalue weighted by atomic mass is 16.6. The fourth-order valence-corrected chi connectivity index (χ4v) is 4.25. The van der Waals surface area contributed by atoms with Crippen molar-refractivity contribution in [2.45, 2.75) is 53.2 Å². The first kappa shape index (κ1) is 27.0. The summed E-state index contributed by atoms with van der Waals surface area (Å²) in [6, 6.07) is 15.3. The molecule has 2 aromatic carbocycles. The number of pyridine rings is 1. The molecule has 3 rings (SSSR count). The predicted octanol–water partition coefficient (Wildman–Crippen LogP) is 5.83. The minimum absolute atomic E-state index is 0.0591. The molecule has 0 saturated carbocycles. The zero-order chi connectivity index (χ0) is 26.4. The number of aromatic nitrogens is 1. The first-order valence-corrected chi connectivity index (χ1v) is 12.2. The highest BCUT2D eigenvalue weighted by Crippen LogP contribution is 2.31. The lowest BCUT2D eigenvalue weighted by molar-refractivity contribution is -0.160. The van der Waals surface area contributed by atoms with Crippen molar-refractivity contribution in [1.29, 1.82) is 0 Å². The SMILES string of the molecule is COc1ccnc(C(=O)C[C@H](C(=O)O[C@@H](C)[C@H](Oc2cccc3ccccc23)C(C)C)C(C)C)c1O. The fourth-order valence-electron chi connectivity index (χ4n) is 4.25. The Labute approximate surface area is 212 Å². The summed E-state index contributed by atoms with van der Waals surface area (Å²) in [6.45, 7) is 9.55. The smallest absolute Gasteiger partial charge is 0.310 e. The molecule has 3 aromatic rings. The van der Waals surface area contributed by atoms with E-state index in [1.54, 1.807) is 0 Å². The quantitative estimate of drug-likeness (QED) is 0.265. The molecule has 0 unspecified atom stereocenters. The van der Waals surface area contributed by atoms with Crippen LogP contribution < -0.4 is 9.47 Å². The molecule has 0 saturated heterocycles. The molecule has 0 fully saturated rings. The first-order valence-electron chi connectivity index (χ1n) is 12.2. The lowest BCUT2D eigenvalue weighted by Gasteiger charge is -2.30. The molecule has 1 N–H and O–H groups in total. The molecule has 0 aliphatic heterocycles. The van der Waals surface area contributed by atoms with E-state index in [1.807, 2.05) is 77.1 Å². The third-order valence-electron chi connectivity index (χ3n) is 6.32. The minimum Gasteiger partial charge on any atom is -0.503 e. The number of aromatic hydroxyl groups is 1. The molecule has 7 heteroatoms. The number of benzene rings is 2. The Kier molecular flexibility index (Phi) is 8.91. The van der Waals surface area contributed by atoms with Gasteiger partial charge in [0.1, 0.15) is 18.0 Å². The van der Waals surface area contributed by atoms with Crippen LogP contribution in [0.5, 0.6) is 17.2 Å². The van der Waals surface area contributed by atoms with E-state index in [9.17, 15) is 14.7 Å². The molecule has 0 aliphatic rings. The van der Waals surface area contributed by atoms with Crippen LogP contribution in [0.4, 0.5) is 0 Å². The van der Waals surface area contributed by atoms with E-state index in [0.29, 0.717) is 0 Å². The molecular weight excluding hydrogens is 458 g/mol. The van der Waals surface area contributed by atoms with Crippen molar-refractivity contribution < 1.29 is 28.9 Å². The van der Waals surface area contributed by atoms with Gasteiger partial charge in [-0.05, 0) is 30.2 Å². The van der Waals surface area contributed by atoms with Crippen molar-refractivity contribution in [3.63, 3.8) is 0 Å². The maximum absolute atomic E-state index is 13.2. The third-order valence-corrected chi connectivity index (χ3v) is 6.32. The van der Waals surface area contributed by atoms with Crippen LogP contribution in [0.15, 0.2) is 54.7 Å². The zero-order valence-electron chi connectivity index (χ0n) is 21.7. The summed E-state index contributed by atoms with van der Waals surface area (Å²) in [4.78, 5) is 30.2. The number of hydrogen-bond acceptors (Lipinski definition) is 7. The predicted molar refractivity (Wildman–Crippen MR) is 138 cm³/mol. The van der Waals surface area contributed by atoms with Gasteiger partial charge < -0.3 is 19.3 Å². The minimum atomic E-state index is -0.710. The highest BCUT2D eigenvalue weighted by molar-refractivity contribution is 5.99. The van der Waals surface area contributed by atoms with Crippen molar-refractivity contribution in [3.05, 3.63) is 60.4 Å². The Balaban J connectivity index is 1.75. The zero-order valence-corrected chi connectivity index (χ0v) is 21.7. The van der Waals surface area contributed by atoms with E-state index < -0.39 is 29.9 Å². The molecule has 0 radical (unpaired) electrons. The highest BCUT2D eigenvalue weighted by Gasteiger charge is 2.33. The average Bonchev–Trinajstić information content (AvgIpc) is 2.85. The Bertz CT molecular complexity index is 1200. The number of nitrogens with zero attached hydrogens (tertiary/aromatic N) is 1. The van der Waals surface area contributed by atoms with E-state index >= 15 is 0 Å². The van der Waals surface area contributed by atoms with Crippen LogP contribution in [0.2, 0.25) is 0 Å². The topological polar surface area (TPSA) is 95.0 Å². The van der Waals surface area contributed by atoms with E-state index in [2.05, 4.69) is 4.98 Å². The van der Waals surface area contributed by atoms with Gasteiger partial charge >= 0.3 is 5.97 Å². The Morgan fingerprint density at radius 3 is 2.28 bits per heavy atom. The van der Waals surface area contributed by atoms with Gasteiger partial charge in [0.25, 0.3) is 0 Å². The lowest BCUT2D eigenvalue weighted by Crippen LogP contribution is -2.40. The number of esters is 1. The molecule has 0 aliphatic carbocycles. The largest absolute Gasteiger partial charge is 0.503 e. The van der Waals surface area contributed by atoms with Gasteiger partial charge in [-0.25, -0.2) is 4.98 Å². The van der Waals surface area contributed by atoms with Gasteiger partial charge in [0.15, 0.2) is 23.0 Å². The van der Waals surface area contributed by atoms with Gasteiger partial charge in [0.05, 0.1) is 13.0 Å².